The Kier molecular flexibility index (Phi) is 7.61. The number of nitrogens with one attached hydrogen (secondary N) is 2. The fourth-order valence-corrected chi connectivity index (χ4v) is 1.65. The molecule has 0 fully saturated rings. The maximum atomic E-state index is 11.5. The molecule has 5 heteroatoms. The average molecular weight is 301 g/mol. The van der Waals surface area contributed by atoms with Crippen molar-refractivity contribution in [2.45, 2.75) is 39.8 Å². The summed E-state index contributed by atoms with van der Waals surface area (Å²) in [6.45, 7) is 8.86. The lowest BCUT2D eigenvalue weighted by Crippen LogP contribution is -2.32. The van der Waals surface area contributed by atoms with Crippen LogP contribution in [-0.2, 0) is 11.3 Å². The lowest BCUT2D eigenvalue weighted by Gasteiger charge is -2.23. The van der Waals surface area contributed by atoms with Gasteiger partial charge >= 0.3 is 0 Å². The second-order valence-electron chi connectivity index (χ2n) is 5.63. The number of hydrogen-bond donors (Lipinski definition) is 2. The van der Waals surface area contributed by atoms with Crippen LogP contribution in [0.15, 0.2) is 18.2 Å². The topological polar surface area (TPSA) is 50.4 Å². The normalized spacial score (nSPS) is 10.7. The molecule has 0 radical (unpaired) electrons. The first kappa shape index (κ1) is 18.7. The Morgan fingerprint density at radius 2 is 1.95 bits per heavy atom. The minimum Gasteiger partial charge on any atom is -0.488 e. The van der Waals surface area contributed by atoms with Gasteiger partial charge in [0.15, 0.2) is 0 Å². The predicted octanol–water partition coefficient (Wildman–Crippen LogP) is 2.43. The van der Waals surface area contributed by atoms with Crippen LogP contribution in [0.1, 0.15) is 31.9 Å². The number of rotatable bonds is 5. The lowest BCUT2D eigenvalue weighted by molar-refractivity contribution is -0.120. The van der Waals surface area contributed by atoms with Gasteiger partial charge in [-0.15, -0.1) is 12.4 Å². The molecule has 4 nitrogen and oxygen atoms in total. The Balaban J connectivity index is 0.00000361. The third-order valence-corrected chi connectivity index (χ3v) is 2.45. The number of benzene rings is 1. The van der Waals surface area contributed by atoms with Crippen molar-refractivity contribution in [3.05, 3.63) is 29.3 Å². The Labute approximate surface area is 127 Å². The number of amides is 1. The van der Waals surface area contributed by atoms with Gasteiger partial charge in [-0.25, -0.2) is 0 Å². The molecule has 0 aliphatic heterocycles. The van der Waals surface area contributed by atoms with E-state index in [1.54, 1.807) is 7.05 Å². The molecule has 2 N–H and O–H groups in total. The van der Waals surface area contributed by atoms with E-state index in [4.69, 9.17) is 4.74 Å². The standard InChI is InChI=1S/C15H24N2O2.ClH/c1-11-6-7-12(9-17-14(18)10-16-5)13(8-11)19-15(2,3)4;/h6-8,16H,9-10H2,1-5H3,(H,17,18);1H. The molecule has 20 heavy (non-hydrogen) atoms. The summed E-state index contributed by atoms with van der Waals surface area (Å²) in [7, 11) is 1.75. The largest absolute Gasteiger partial charge is 0.488 e. The fraction of sp³-hybridized carbons (Fsp3) is 0.533. The van der Waals surface area contributed by atoms with E-state index < -0.39 is 0 Å². The van der Waals surface area contributed by atoms with Crippen molar-refractivity contribution in [2.24, 2.45) is 0 Å². The van der Waals surface area contributed by atoms with Gasteiger partial charge < -0.3 is 15.4 Å². The van der Waals surface area contributed by atoms with Gasteiger partial charge in [-0.3, -0.25) is 4.79 Å². The van der Waals surface area contributed by atoms with Crippen molar-refractivity contribution >= 4 is 18.3 Å². The summed E-state index contributed by atoms with van der Waals surface area (Å²) in [5.41, 5.74) is 1.88. The Bertz CT molecular complexity index is 442. The molecule has 0 spiro atoms. The third-order valence-electron chi connectivity index (χ3n) is 2.45. The van der Waals surface area contributed by atoms with Crippen LogP contribution in [0.2, 0.25) is 0 Å². The SMILES string of the molecule is CNCC(=O)NCc1ccc(C)cc1OC(C)(C)C.Cl. The smallest absolute Gasteiger partial charge is 0.234 e. The summed E-state index contributed by atoms with van der Waals surface area (Å²) in [6.07, 6.45) is 0. The van der Waals surface area contributed by atoms with E-state index in [0.717, 1.165) is 16.9 Å². The first-order valence-electron chi connectivity index (χ1n) is 6.51. The summed E-state index contributed by atoms with van der Waals surface area (Å²) in [4.78, 5) is 11.5. The van der Waals surface area contributed by atoms with Crippen molar-refractivity contribution in [1.82, 2.24) is 10.6 Å². The fourth-order valence-electron chi connectivity index (χ4n) is 1.65. The second-order valence-corrected chi connectivity index (χ2v) is 5.63. The molecule has 0 saturated heterocycles. The van der Waals surface area contributed by atoms with Crippen LogP contribution in [0, 0.1) is 6.92 Å². The average Bonchev–Trinajstić information content (AvgIpc) is 2.26. The molecule has 1 rings (SSSR count). The molecular weight excluding hydrogens is 276 g/mol. The predicted molar refractivity (Wildman–Crippen MR) is 84.6 cm³/mol. The van der Waals surface area contributed by atoms with E-state index in [2.05, 4.69) is 10.6 Å². The first-order valence-corrected chi connectivity index (χ1v) is 6.51. The van der Waals surface area contributed by atoms with Gasteiger partial charge in [0, 0.05) is 12.1 Å². The zero-order chi connectivity index (χ0) is 14.5. The van der Waals surface area contributed by atoms with E-state index in [9.17, 15) is 4.79 Å². The summed E-state index contributed by atoms with van der Waals surface area (Å²) in [5.74, 6) is 0.807. The molecule has 0 aliphatic carbocycles. The van der Waals surface area contributed by atoms with Crippen LogP contribution >= 0.6 is 12.4 Å². The van der Waals surface area contributed by atoms with Crippen molar-refractivity contribution in [1.29, 1.82) is 0 Å². The third kappa shape index (κ3) is 6.78. The van der Waals surface area contributed by atoms with E-state index in [1.165, 1.54) is 0 Å². The van der Waals surface area contributed by atoms with Crippen molar-refractivity contribution in [2.75, 3.05) is 13.6 Å². The maximum absolute atomic E-state index is 11.5. The van der Waals surface area contributed by atoms with Gasteiger partial charge in [-0.05, 0) is 46.4 Å². The first-order chi connectivity index (χ1) is 8.81. The molecule has 0 aromatic heterocycles. The number of halogens is 1. The summed E-state index contributed by atoms with van der Waals surface area (Å²) in [6, 6.07) is 6.02. The van der Waals surface area contributed by atoms with Crippen LogP contribution in [0.4, 0.5) is 0 Å². The minimum absolute atomic E-state index is 0. The van der Waals surface area contributed by atoms with Gasteiger partial charge in [0.2, 0.25) is 5.91 Å². The highest BCUT2D eigenvalue weighted by Crippen LogP contribution is 2.24. The zero-order valence-corrected chi connectivity index (χ0v) is 13.7. The minimum atomic E-state index is -0.252. The molecule has 1 aromatic rings. The second kappa shape index (κ2) is 8.12. The molecule has 0 unspecified atom stereocenters. The highest BCUT2D eigenvalue weighted by atomic mass is 35.5. The molecule has 114 valence electrons. The lowest BCUT2D eigenvalue weighted by atomic mass is 10.1. The van der Waals surface area contributed by atoms with Gasteiger partial charge in [0.05, 0.1) is 6.54 Å². The van der Waals surface area contributed by atoms with Crippen molar-refractivity contribution in [3.8, 4) is 5.75 Å². The molecule has 0 heterocycles. The van der Waals surface area contributed by atoms with Crippen LogP contribution in [-0.4, -0.2) is 25.1 Å². The monoisotopic (exact) mass is 300 g/mol. The molecule has 0 bridgehead atoms. The van der Waals surface area contributed by atoms with E-state index in [-0.39, 0.29) is 23.9 Å². The van der Waals surface area contributed by atoms with E-state index in [1.807, 2.05) is 45.9 Å². The quantitative estimate of drug-likeness (QED) is 0.878. The van der Waals surface area contributed by atoms with Crippen LogP contribution in [0.25, 0.3) is 0 Å². The number of carbonyl (C=O) groups excluding carboxylic acids is 1. The van der Waals surface area contributed by atoms with Crippen LogP contribution in [0.3, 0.4) is 0 Å². The van der Waals surface area contributed by atoms with Crippen molar-refractivity contribution in [3.63, 3.8) is 0 Å². The zero-order valence-electron chi connectivity index (χ0n) is 12.9. The number of hydrogen-bond acceptors (Lipinski definition) is 3. The number of ether oxygens (including phenoxy) is 1. The van der Waals surface area contributed by atoms with Crippen LogP contribution in [0.5, 0.6) is 5.75 Å². The molecule has 1 amide bonds. The summed E-state index contributed by atoms with van der Waals surface area (Å²) >= 11 is 0. The van der Waals surface area contributed by atoms with E-state index >= 15 is 0 Å². The molecule has 0 atom stereocenters. The Hall–Kier alpha value is -1.26. The van der Waals surface area contributed by atoms with Crippen molar-refractivity contribution < 1.29 is 9.53 Å². The van der Waals surface area contributed by atoms with Gasteiger partial charge in [-0.2, -0.15) is 0 Å². The number of aryl methyl sites for hydroxylation is 1. The Morgan fingerprint density at radius 3 is 2.50 bits per heavy atom. The molecule has 1 aromatic carbocycles. The molecule has 0 saturated carbocycles. The summed E-state index contributed by atoms with van der Waals surface area (Å²) in [5, 5.41) is 5.69. The van der Waals surface area contributed by atoms with Gasteiger partial charge in [0.25, 0.3) is 0 Å². The molecule has 0 aliphatic rings. The van der Waals surface area contributed by atoms with Crippen LogP contribution < -0.4 is 15.4 Å². The number of carbonyl (C=O) groups is 1. The highest BCUT2D eigenvalue weighted by molar-refractivity contribution is 5.85. The number of likely N-dealkylation sites (N-methyl/N-ethyl adjacent to an activating group) is 1. The van der Waals surface area contributed by atoms with E-state index in [0.29, 0.717) is 13.1 Å². The maximum Gasteiger partial charge on any atom is 0.234 e. The van der Waals surface area contributed by atoms with Gasteiger partial charge in [0.1, 0.15) is 11.4 Å². The highest BCUT2D eigenvalue weighted by Gasteiger charge is 2.15. The Morgan fingerprint density at radius 1 is 1.30 bits per heavy atom. The molecular formula is C15H25ClN2O2. The summed E-state index contributed by atoms with van der Waals surface area (Å²) < 4.78 is 5.94. The van der Waals surface area contributed by atoms with Gasteiger partial charge in [-0.1, -0.05) is 12.1 Å².